The molecule has 1 amide bonds. The Balaban J connectivity index is 1.83. The predicted molar refractivity (Wildman–Crippen MR) is 117 cm³/mol. The number of halogens is 3. The summed E-state index contributed by atoms with van der Waals surface area (Å²) in [6, 6.07) is 9.43. The first-order valence-electron chi connectivity index (χ1n) is 10.1. The van der Waals surface area contributed by atoms with Crippen LogP contribution in [0.1, 0.15) is 32.3 Å². The zero-order valence-electron chi connectivity index (χ0n) is 18.3. The maximum absolute atomic E-state index is 13.3. The largest absolute Gasteiger partial charge is 0.416 e. The number of piperidine rings is 1. The van der Waals surface area contributed by atoms with E-state index in [1.807, 2.05) is 0 Å². The second kappa shape index (κ2) is 8.43. The van der Waals surface area contributed by atoms with E-state index in [1.165, 1.54) is 43.0 Å². The molecule has 1 saturated heterocycles. The van der Waals surface area contributed by atoms with E-state index in [0.717, 1.165) is 24.5 Å². The molecular formula is C22H24F3NO5S2. The van der Waals surface area contributed by atoms with Gasteiger partial charge in [0.05, 0.1) is 20.1 Å². The monoisotopic (exact) mass is 503 g/mol. The summed E-state index contributed by atoms with van der Waals surface area (Å²) in [4.78, 5) is 14.0. The van der Waals surface area contributed by atoms with Crippen molar-refractivity contribution in [2.24, 2.45) is 5.92 Å². The van der Waals surface area contributed by atoms with Gasteiger partial charge in [0.15, 0.2) is 19.7 Å². The molecule has 2 aromatic carbocycles. The van der Waals surface area contributed by atoms with Crippen LogP contribution in [0.25, 0.3) is 0 Å². The molecule has 1 aliphatic heterocycles. The highest BCUT2D eigenvalue weighted by atomic mass is 32.2. The van der Waals surface area contributed by atoms with E-state index in [0.29, 0.717) is 18.2 Å². The number of sulfone groups is 2. The van der Waals surface area contributed by atoms with Crippen LogP contribution in [-0.4, -0.2) is 40.3 Å². The van der Waals surface area contributed by atoms with Gasteiger partial charge in [-0.1, -0.05) is 6.07 Å². The molecule has 3 rings (SSSR count). The molecule has 2 aromatic rings. The van der Waals surface area contributed by atoms with Crippen LogP contribution in [0.5, 0.6) is 0 Å². The van der Waals surface area contributed by atoms with Gasteiger partial charge in [0.25, 0.3) is 0 Å². The molecule has 33 heavy (non-hydrogen) atoms. The maximum Gasteiger partial charge on any atom is 0.416 e. The van der Waals surface area contributed by atoms with Gasteiger partial charge in [0.1, 0.15) is 0 Å². The van der Waals surface area contributed by atoms with Crippen molar-refractivity contribution in [3.8, 4) is 0 Å². The molecule has 0 spiro atoms. The Labute approximate surface area is 191 Å². The molecule has 0 aliphatic carbocycles. The minimum atomic E-state index is -4.68. The lowest BCUT2D eigenvalue weighted by Gasteiger charge is -2.39. The summed E-state index contributed by atoms with van der Waals surface area (Å²) in [5, 5.41) is 0. The molecule has 0 unspecified atom stereocenters. The number of benzene rings is 2. The van der Waals surface area contributed by atoms with Crippen LogP contribution in [0.2, 0.25) is 0 Å². The van der Waals surface area contributed by atoms with Crippen molar-refractivity contribution in [1.29, 1.82) is 0 Å². The summed E-state index contributed by atoms with van der Waals surface area (Å²) in [6.45, 7) is 3.05. The smallest absolute Gasteiger partial charge is 0.312 e. The zero-order valence-corrected chi connectivity index (χ0v) is 19.9. The maximum atomic E-state index is 13.3. The summed E-state index contributed by atoms with van der Waals surface area (Å²) in [5.74, 6) is -0.957. The third-order valence-electron chi connectivity index (χ3n) is 6.15. The molecule has 0 saturated carbocycles. The summed E-state index contributed by atoms with van der Waals surface area (Å²) >= 11 is 0. The van der Waals surface area contributed by atoms with Crippen LogP contribution in [0.3, 0.4) is 0 Å². The standard InChI is InChI=1S/C22H24F3NO5S2/c1-21(2,33(30,31)19-6-4-5-16(13-19)22(23,24)25)15-11-12-26(20(27)14-15)17-7-9-18(10-8-17)32(3,28)29/h4-10,13,15H,11-12,14H2,1-3H3/t15-/m0/s1. The average molecular weight is 504 g/mol. The molecule has 0 aromatic heterocycles. The van der Waals surface area contributed by atoms with E-state index in [2.05, 4.69) is 0 Å². The van der Waals surface area contributed by atoms with Crippen molar-refractivity contribution in [1.82, 2.24) is 0 Å². The van der Waals surface area contributed by atoms with Gasteiger partial charge in [-0.25, -0.2) is 16.8 Å². The Kier molecular flexibility index (Phi) is 6.44. The number of carbonyl (C=O) groups excluding carboxylic acids is 1. The van der Waals surface area contributed by atoms with Gasteiger partial charge in [-0.05, 0) is 68.7 Å². The van der Waals surface area contributed by atoms with Gasteiger partial charge < -0.3 is 4.90 Å². The summed E-state index contributed by atoms with van der Waals surface area (Å²) in [7, 11) is -7.57. The lowest BCUT2D eigenvalue weighted by Crippen LogP contribution is -2.48. The first-order valence-corrected chi connectivity index (χ1v) is 13.4. The summed E-state index contributed by atoms with van der Waals surface area (Å²) in [5.41, 5.74) is -0.563. The Bertz CT molecular complexity index is 1270. The van der Waals surface area contributed by atoms with Gasteiger partial charge in [-0.15, -0.1) is 0 Å². The highest BCUT2D eigenvalue weighted by Gasteiger charge is 2.46. The molecule has 0 N–H and O–H groups in total. The van der Waals surface area contributed by atoms with Crippen LogP contribution >= 0.6 is 0 Å². The number of nitrogens with zero attached hydrogens (tertiary/aromatic N) is 1. The third-order valence-corrected chi connectivity index (χ3v) is 9.87. The second-order valence-electron chi connectivity index (χ2n) is 8.63. The van der Waals surface area contributed by atoms with Crippen molar-refractivity contribution in [2.75, 3.05) is 17.7 Å². The number of amides is 1. The minimum Gasteiger partial charge on any atom is -0.312 e. The fourth-order valence-corrected chi connectivity index (χ4v) is 6.35. The van der Waals surface area contributed by atoms with E-state index in [9.17, 15) is 34.8 Å². The van der Waals surface area contributed by atoms with Gasteiger partial charge >= 0.3 is 6.18 Å². The SMILES string of the molecule is CC(C)([C@H]1CCN(c2ccc(S(C)(=O)=O)cc2)C(=O)C1)S(=O)(=O)c1cccc(C(F)(F)F)c1. The molecular weight excluding hydrogens is 479 g/mol. The molecule has 1 aliphatic rings. The van der Waals surface area contributed by atoms with Crippen molar-refractivity contribution < 1.29 is 34.8 Å². The molecule has 1 heterocycles. The Morgan fingerprint density at radius 1 is 0.939 bits per heavy atom. The molecule has 11 heteroatoms. The van der Waals surface area contributed by atoms with Crippen LogP contribution in [0.4, 0.5) is 18.9 Å². The fourth-order valence-electron chi connectivity index (χ4n) is 3.94. The lowest BCUT2D eigenvalue weighted by atomic mass is 9.85. The quantitative estimate of drug-likeness (QED) is 0.613. The summed E-state index contributed by atoms with van der Waals surface area (Å²) in [6.07, 6.45) is -3.40. The molecule has 6 nitrogen and oxygen atoms in total. The van der Waals surface area contributed by atoms with Crippen molar-refractivity contribution in [3.63, 3.8) is 0 Å². The van der Waals surface area contributed by atoms with Gasteiger partial charge in [-0.2, -0.15) is 13.2 Å². The van der Waals surface area contributed by atoms with E-state index < -0.39 is 47.0 Å². The number of hydrogen-bond donors (Lipinski definition) is 0. The minimum absolute atomic E-state index is 0.112. The van der Waals surface area contributed by atoms with Crippen molar-refractivity contribution >= 4 is 31.3 Å². The normalized spacial score (nSPS) is 18.4. The molecule has 0 bridgehead atoms. The van der Waals surface area contributed by atoms with Crippen LogP contribution < -0.4 is 4.90 Å². The Morgan fingerprint density at radius 3 is 2.06 bits per heavy atom. The van der Waals surface area contributed by atoms with E-state index in [4.69, 9.17) is 0 Å². The molecule has 1 fully saturated rings. The van der Waals surface area contributed by atoms with E-state index in [-0.39, 0.29) is 23.8 Å². The first-order chi connectivity index (χ1) is 15.0. The van der Waals surface area contributed by atoms with E-state index in [1.54, 1.807) is 0 Å². The molecule has 1 atom stereocenters. The molecule has 0 radical (unpaired) electrons. The van der Waals surface area contributed by atoms with E-state index >= 15 is 0 Å². The predicted octanol–water partition coefficient (Wildman–Crippen LogP) is 4.10. The van der Waals surface area contributed by atoms with Crippen molar-refractivity contribution in [2.45, 2.75) is 47.4 Å². The van der Waals surface area contributed by atoms with Gasteiger partial charge in [-0.3, -0.25) is 4.79 Å². The number of rotatable bonds is 5. The fraction of sp³-hybridized carbons (Fsp3) is 0.409. The van der Waals surface area contributed by atoms with Crippen molar-refractivity contribution in [3.05, 3.63) is 54.1 Å². The van der Waals surface area contributed by atoms with Crippen LogP contribution in [0.15, 0.2) is 58.3 Å². The van der Waals surface area contributed by atoms with Gasteiger partial charge in [0, 0.05) is 24.9 Å². The number of hydrogen-bond acceptors (Lipinski definition) is 5. The number of carbonyl (C=O) groups is 1. The third kappa shape index (κ3) is 4.93. The second-order valence-corrected chi connectivity index (χ2v) is 13.2. The lowest BCUT2D eigenvalue weighted by molar-refractivity contribution is -0.137. The Hall–Kier alpha value is -2.40. The highest BCUT2D eigenvalue weighted by Crippen LogP contribution is 2.40. The topological polar surface area (TPSA) is 88.6 Å². The van der Waals surface area contributed by atoms with Crippen LogP contribution in [-0.2, 0) is 30.6 Å². The molecule has 180 valence electrons. The van der Waals surface area contributed by atoms with Gasteiger partial charge in [0.2, 0.25) is 5.91 Å². The average Bonchev–Trinajstić information content (AvgIpc) is 2.72. The first kappa shape index (κ1) is 25.2. The van der Waals surface area contributed by atoms with Crippen LogP contribution in [0, 0.1) is 5.92 Å². The number of anilines is 1. The highest BCUT2D eigenvalue weighted by molar-refractivity contribution is 7.92. The zero-order chi connectivity index (χ0) is 24.8. The number of alkyl halides is 3. The Morgan fingerprint density at radius 2 is 1.55 bits per heavy atom. The summed E-state index contributed by atoms with van der Waals surface area (Å²) < 4.78 is 87.5.